The van der Waals surface area contributed by atoms with Gasteiger partial charge >= 0.3 is 40.9 Å². The van der Waals surface area contributed by atoms with Crippen molar-refractivity contribution in [2.75, 3.05) is 0 Å². The largest absolute Gasteiger partial charge is 1.00 e. The Morgan fingerprint density at radius 3 is 2.50 bits per heavy atom. The van der Waals surface area contributed by atoms with E-state index < -0.39 is 22.0 Å². The molecular formula is C9H4NNaO5. The van der Waals surface area contributed by atoms with Gasteiger partial charge in [0.05, 0.1) is 4.92 Å². The summed E-state index contributed by atoms with van der Waals surface area (Å²) >= 11 is 0. The van der Waals surface area contributed by atoms with Gasteiger partial charge in [-0.1, -0.05) is 18.2 Å². The Kier molecular flexibility index (Phi) is 3.69. The summed E-state index contributed by atoms with van der Waals surface area (Å²) in [5.41, 5.74) is -2.21. The van der Waals surface area contributed by atoms with E-state index in [9.17, 15) is 20.0 Å². The summed E-state index contributed by atoms with van der Waals surface area (Å²) in [4.78, 5) is 20.5. The quantitative estimate of drug-likeness (QED) is 0.239. The molecule has 0 aliphatic rings. The molecule has 0 unspecified atom stereocenters. The summed E-state index contributed by atoms with van der Waals surface area (Å²) in [6, 6.07) is 5.87. The van der Waals surface area contributed by atoms with Gasteiger partial charge in [0.2, 0.25) is 0 Å². The Morgan fingerprint density at radius 2 is 1.88 bits per heavy atom. The van der Waals surface area contributed by atoms with Gasteiger partial charge in [-0.15, -0.1) is 0 Å². The minimum absolute atomic E-state index is 0. The standard InChI is InChI=1S/C9H5NO5.Na/c11-8-5-3-1-2-4-6(5)15-9(12)7(8)10(13)14;/h1-4,11H;/q;+1/p-1. The van der Waals surface area contributed by atoms with Crippen LogP contribution in [0, 0.1) is 10.1 Å². The van der Waals surface area contributed by atoms with Crippen LogP contribution in [-0.4, -0.2) is 4.92 Å². The van der Waals surface area contributed by atoms with Crippen molar-refractivity contribution in [1.29, 1.82) is 0 Å². The molecule has 0 bridgehead atoms. The van der Waals surface area contributed by atoms with Crippen LogP contribution >= 0.6 is 0 Å². The first-order valence-corrected chi connectivity index (χ1v) is 3.98. The second kappa shape index (κ2) is 4.65. The molecule has 76 valence electrons. The molecule has 16 heavy (non-hydrogen) atoms. The second-order valence-electron chi connectivity index (χ2n) is 2.82. The third-order valence-electron chi connectivity index (χ3n) is 1.93. The fourth-order valence-corrected chi connectivity index (χ4v) is 1.27. The van der Waals surface area contributed by atoms with Gasteiger partial charge in [-0.3, -0.25) is 10.1 Å². The van der Waals surface area contributed by atoms with Crippen molar-refractivity contribution < 1.29 is 44.0 Å². The predicted octanol–water partition coefficient (Wildman–Crippen LogP) is -2.22. The van der Waals surface area contributed by atoms with Crippen molar-refractivity contribution in [3.8, 4) is 5.75 Å². The summed E-state index contributed by atoms with van der Waals surface area (Å²) in [6.07, 6.45) is 0. The van der Waals surface area contributed by atoms with Gasteiger partial charge in [-0.25, -0.2) is 4.79 Å². The van der Waals surface area contributed by atoms with Crippen LogP contribution < -0.4 is 40.3 Å². The first-order chi connectivity index (χ1) is 7.11. The molecule has 0 atom stereocenters. The Hall–Kier alpha value is -1.37. The van der Waals surface area contributed by atoms with Crippen molar-refractivity contribution in [3.05, 3.63) is 44.8 Å². The second-order valence-corrected chi connectivity index (χ2v) is 2.82. The van der Waals surface area contributed by atoms with Gasteiger partial charge in [0.1, 0.15) is 5.58 Å². The third kappa shape index (κ3) is 1.95. The fraction of sp³-hybridized carbons (Fsp3) is 0. The molecule has 0 spiro atoms. The van der Waals surface area contributed by atoms with Crippen LogP contribution in [0.15, 0.2) is 33.5 Å². The number of nitrogens with zero attached hydrogens (tertiary/aromatic N) is 1. The van der Waals surface area contributed by atoms with E-state index >= 15 is 0 Å². The number of hydrogen-bond acceptors (Lipinski definition) is 5. The van der Waals surface area contributed by atoms with Crippen LogP contribution in [0.1, 0.15) is 0 Å². The maximum Gasteiger partial charge on any atom is 1.00 e. The Labute approximate surface area is 111 Å². The summed E-state index contributed by atoms with van der Waals surface area (Å²) in [5, 5.41) is 22.0. The molecule has 1 aromatic heterocycles. The van der Waals surface area contributed by atoms with Crippen molar-refractivity contribution in [2.24, 2.45) is 0 Å². The van der Waals surface area contributed by atoms with Gasteiger partial charge in [0, 0.05) is 5.39 Å². The zero-order valence-electron chi connectivity index (χ0n) is 8.30. The Balaban J connectivity index is 0.00000128. The summed E-state index contributed by atoms with van der Waals surface area (Å²) < 4.78 is 4.64. The number of rotatable bonds is 1. The average Bonchev–Trinajstić information content (AvgIpc) is 2.17. The zero-order chi connectivity index (χ0) is 11.0. The maximum absolute atomic E-state index is 11.5. The molecule has 1 aromatic carbocycles. The summed E-state index contributed by atoms with van der Waals surface area (Å²) in [5.74, 6) is -0.910. The van der Waals surface area contributed by atoms with Crippen LogP contribution in [-0.2, 0) is 0 Å². The van der Waals surface area contributed by atoms with Crippen LogP contribution in [0.4, 0.5) is 5.69 Å². The predicted molar refractivity (Wildman–Crippen MR) is 48.6 cm³/mol. The van der Waals surface area contributed by atoms with Crippen molar-refractivity contribution in [2.45, 2.75) is 0 Å². The molecule has 2 aromatic rings. The summed E-state index contributed by atoms with van der Waals surface area (Å²) in [7, 11) is 0. The van der Waals surface area contributed by atoms with E-state index in [4.69, 9.17) is 0 Å². The molecule has 0 aliphatic heterocycles. The van der Waals surface area contributed by atoms with Gasteiger partial charge in [0.25, 0.3) is 0 Å². The van der Waals surface area contributed by atoms with E-state index in [0.717, 1.165) is 0 Å². The fourth-order valence-electron chi connectivity index (χ4n) is 1.27. The smallest absolute Gasteiger partial charge is 0.867 e. The van der Waals surface area contributed by atoms with E-state index in [1.54, 1.807) is 6.07 Å². The van der Waals surface area contributed by atoms with Gasteiger partial charge in [-0.05, 0) is 11.8 Å². The Bertz CT molecular complexity index is 606. The topological polar surface area (TPSA) is 96.4 Å². The molecule has 0 saturated heterocycles. The Morgan fingerprint density at radius 1 is 1.25 bits per heavy atom. The molecule has 7 heteroatoms. The number of para-hydroxylation sites is 1. The van der Waals surface area contributed by atoms with Crippen LogP contribution in [0.3, 0.4) is 0 Å². The molecule has 0 aliphatic carbocycles. The maximum atomic E-state index is 11.5. The van der Waals surface area contributed by atoms with Crippen molar-refractivity contribution in [1.82, 2.24) is 0 Å². The van der Waals surface area contributed by atoms with Gasteiger partial charge in [0.15, 0.2) is 0 Å². The minimum Gasteiger partial charge on any atom is -0.867 e. The molecule has 6 nitrogen and oxygen atoms in total. The van der Waals surface area contributed by atoms with E-state index in [1.165, 1.54) is 18.2 Å². The first kappa shape index (κ1) is 12.7. The number of hydrogen-bond donors (Lipinski definition) is 0. The van der Waals surface area contributed by atoms with Crippen LogP contribution in [0.25, 0.3) is 11.0 Å². The molecule has 0 fully saturated rings. The van der Waals surface area contributed by atoms with Crippen molar-refractivity contribution >= 4 is 16.7 Å². The van der Waals surface area contributed by atoms with Gasteiger partial charge in [-0.2, -0.15) is 0 Å². The number of fused-ring (bicyclic) bond motifs is 1. The molecule has 0 radical (unpaired) electrons. The monoisotopic (exact) mass is 229 g/mol. The van der Waals surface area contributed by atoms with E-state index in [2.05, 4.69) is 4.42 Å². The number of benzene rings is 1. The number of nitro groups is 1. The molecule has 0 saturated carbocycles. The average molecular weight is 229 g/mol. The first-order valence-electron chi connectivity index (χ1n) is 3.98. The van der Waals surface area contributed by atoms with Crippen LogP contribution in [0.5, 0.6) is 5.75 Å². The van der Waals surface area contributed by atoms with Crippen LogP contribution in [0.2, 0.25) is 0 Å². The van der Waals surface area contributed by atoms with E-state index in [0.29, 0.717) is 0 Å². The molecule has 2 rings (SSSR count). The third-order valence-corrected chi connectivity index (χ3v) is 1.93. The van der Waals surface area contributed by atoms with E-state index in [1.807, 2.05) is 0 Å². The summed E-state index contributed by atoms with van der Waals surface area (Å²) in [6.45, 7) is 0. The van der Waals surface area contributed by atoms with Crippen molar-refractivity contribution in [3.63, 3.8) is 0 Å². The minimum atomic E-state index is -1.22. The van der Waals surface area contributed by atoms with E-state index in [-0.39, 0.29) is 40.5 Å². The molecule has 0 amide bonds. The van der Waals surface area contributed by atoms with Gasteiger partial charge < -0.3 is 9.52 Å². The molecule has 1 heterocycles. The SMILES string of the molecule is O=c1oc2ccccc2c([O-])c1[N+](=O)[O-].[Na+]. The zero-order valence-corrected chi connectivity index (χ0v) is 10.3. The molecular weight excluding hydrogens is 225 g/mol. The normalized spacial score (nSPS) is 9.75. The molecule has 0 N–H and O–H groups in total.